The fraction of sp³-hybridized carbons (Fsp3) is 0.818. The predicted octanol–water partition coefficient (Wildman–Crippen LogP) is 3.21. The van der Waals surface area contributed by atoms with Crippen LogP contribution in [0.5, 0.6) is 0 Å². The third-order valence-electron chi connectivity index (χ3n) is 8.21. The van der Waals surface area contributed by atoms with Crippen molar-refractivity contribution in [3.63, 3.8) is 0 Å². The fourth-order valence-electron chi connectivity index (χ4n) is 4.75. The lowest BCUT2D eigenvalue weighted by molar-refractivity contribution is -0.152. The highest BCUT2D eigenvalue weighted by atomic mass is 16.5. The minimum absolute atomic E-state index is 0.142. The summed E-state index contributed by atoms with van der Waals surface area (Å²) >= 11 is 0. The third-order valence-corrected chi connectivity index (χ3v) is 8.21. The van der Waals surface area contributed by atoms with E-state index in [1.54, 1.807) is 0 Å². The van der Waals surface area contributed by atoms with E-state index in [1.165, 1.54) is 14.2 Å². The molecule has 0 aromatic heterocycles. The molecule has 0 bridgehead atoms. The highest BCUT2D eigenvalue weighted by Crippen LogP contribution is 2.56. The molecule has 0 aromatic carbocycles. The first-order valence-corrected chi connectivity index (χ1v) is 10.0. The predicted molar refractivity (Wildman–Crippen MR) is 108 cm³/mol. The summed E-state index contributed by atoms with van der Waals surface area (Å²) in [6, 6.07) is 2.33. The van der Waals surface area contributed by atoms with E-state index >= 15 is 0 Å². The Balaban J connectivity index is 0.000000291. The number of amides is 1. The van der Waals surface area contributed by atoms with Crippen molar-refractivity contribution >= 4 is 17.8 Å². The Morgan fingerprint density at radius 3 is 1.59 bits per heavy atom. The van der Waals surface area contributed by atoms with Crippen molar-refractivity contribution in [2.45, 2.75) is 67.2 Å². The lowest BCUT2D eigenvalue weighted by Crippen LogP contribution is -2.46. The molecule has 164 valence electrons. The molecule has 2 fully saturated rings. The molecule has 1 amide bonds. The average molecular weight is 409 g/mol. The smallest absolute Gasteiger partial charge is 0.309 e. The molecular weight excluding hydrogens is 372 g/mol. The molecule has 2 aliphatic rings. The standard InChI is InChI=1S/C11H19NO3.C11H17NO2/c1-10(2)7(8(13)15-4)5-6-11(10,3)9(12)14;1-10(2)8(9(13)14-4)5-6-11(10,3)7-12/h7H,5-6H2,1-4H3,(H2,12,14);8H,5-6H2,1-4H3/t7-,11+;8-,11+/m00/s1. The van der Waals surface area contributed by atoms with Crippen molar-refractivity contribution < 1.29 is 23.9 Å². The molecule has 0 aliphatic heterocycles. The van der Waals surface area contributed by atoms with E-state index in [0.29, 0.717) is 12.8 Å². The second-order valence-corrected chi connectivity index (χ2v) is 9.81. The van der Waals surface area contributed by atoms with Crippen molar-refractivity contribution in [1.82, 2.24) is 0 Å². The SMILES string of the molecule is COC(=O)[C@@H]1CC[C@](C)(C#N)C1(C)C.COC(=O)[C@@H]1CC[C@](C)(C(N)=O)C1(C)C. The largest absolute Gasteiger partial charge is 0.469 e. The van der Waals surface area contributed by atoms with Crippen LogP contribution in [0.4, 0.5) is 0 Å². The van der Waals surface area contributed by atoms with E-state index in [0.717, 1.165) is 12.8 Å². The van der Waals surface area contributed by atoms with Gasteiger partial charge in [-0.1, -0.05) is 34.6 Å². The maximum Gasteiger partial charge on any atom is 0.309 e. The van der Waals surface area contributed by atoms with Gasteiger partial charge >= 0.3 is 11.9 Å². The normalized spacial score (nSPS) is 34.3. The zero-order chi connectivity index (χ0) is 22.8. The number of rotatable bonds is 3. The van der Waals surface area contributed by atoms with Crippen LogP contribution in [-0.2, 0) is 23.9 Å². The van der Waals surface area contributed by atoms with Crippen LogP contribution in [0.2, 0.25) is 0 Å². The summed E-state index contributed by atoms with van der Waals surface area (Å²) in [7, 11) is 2.78. The quantitative estimate of drug-likeness (QED) is 0.716. The van der Waals surface area contributed by atoms with Gasteiger partial charge in [0.2, 0.25) is 5.91 Å². The number of carbonyl (C=O) groups is 3. The van der Waals surface area contributed by atoms with Crippen LogP contribution in [0.25, 0.3) is 0 Å². The van der Waals surface area contributed by atoms with E-state index in [1.807, 2.05) is 41.5 Å². The number of methoxy groups -OCH3 is 2. The van der Waals surface area contributed by atoms with Gasteiger partial charge in [-0.25, -0.2) is 0 Å². The lowest BCUT2D eigenvalue weighted by atomic mass is 9.65. The maximum atomic E-state index is 11.6. The van der Waals surface area contributed by atoms with Crippen molar-refractivity contribution in [2.24, 2.45) is 39.2 Å². The number of carbonyl (C=O) groups excluding carboxylic acids is 3. The van der Waals surface area contributed by atoms with Gasteiger partial charge in [-0.3, -0.25) is 14.4 Å². The van der Waals surface area contributed by atoms with Gasteiger partial charge < -0.3 is 15.2 Å². The van der Waals surface area contributed by atoms with Gasteiger partial charge in [-0.15, -0.1) is 0 Å². The van der Waals surface area contributed by atoms with Crippen LogP contribution in [0.1, 0.15) is 67.2 Å². The summed E-state index contributed by atoms with van der Waals surface area (Å²) in [5.41, 5.74) is 3.65. The fourth-order valence-corrected chi connectivity index (χ4v) is 4.75. The highest BCUT2D eigenvalue weighted by Gasteiger charge is 2.58. The first-order valence-electron chi connectivity index (χ1n) is 10.0. The van der Waals surface area contributed by atoms with Crippen LogP contribution < -0.4 is 5.73 Å². The van der Waals surface area contributed by atoms with Gasteiger partial charge in [0.25, 0.3) is 0 Å². The Labute approximate surface area is 174 Å². The van der Waals surface area contributed by atoms with Gasteiger partial charge in [-0.05, 0) is 43.4 Å². The van der Waals surface area contributed by atoms with Crippen LogP contribution >= 0.6 is 0 Å². The Bertz CT molecular complexity index is 708. The number of nitriles is 1. The van der Waals surface area contributed by atoms with E-state index in [4.69, 9.17) is 20.5 Å². The van der Waals surface area contributed by atoms with Gasteiger partial charge in [0.1, 0.15) is 0 Å². The van der Waals surface area contributed by atoms with E-state index in [9.17, 15) is 14.4 Å². The van der Waals surface area contributed by atoms with Crippen LogP contribution in [-0.4, -0.2) is 32.1 Å². The van der Waals surface area contributed by atoms with Crippen molar-refractivity contribution in [3.8, 4) is 6.07 Å². The number of hydrogen-bond acceptors (Lipinski definition) is 6. The molecule has 2 saturated carbocycles. The molecule has 7 heteroatoms. The molecule has 0 radical (unpaired) electrons. The number of ether oxygens (including phenoxy) is 2. The summed E-state index contributed by atoms with van der Waals surface area (Å²) in [5, 5.41) is 9.13. The van der Waals surface area contributed by atoms with Gasteiger partial charge in [-0.2, -0.15) is 5.26 Å². The third kappa shape index (κ3) is 3.99. The number of primary amides is 1. The molecule has 0 unspecified atom stereocenters. The van der Waals surface area contributed by atoms with Crippen molar-refractivity contribution in [2.75, 3.05) is 14.2 Å². The van der Waals surface area contributed by atoms with Crippen molar-refractivity contribution in [3.05, 3.63) is 0 Å². The van der Waals surface area contributed by atoms with E-state index in [-0.39, 0.29) is 35.1 Å². The Hall–Kier alpha value is -2.10. The van der Waals surface area contributed by atoms with Gasteiger partial charge in [0.05, 0.1) is 43.0 Å². The molecule has 2 N–H and O–H groups in total. The second kappa shape index (κ2) is 8.33. The first-order chi connectivity index (χ1) is 13.2. The topological polar surface area (TPSA) is 119 Å². The summed E-state index contributed by atoms with van der Waals surface area (Å²) in [4.78, 5) is 34.5. The van der Waals surface area contributed by atoms with E-state index in [2.05, 4.69) is 6.07 Å². The second-order valence-electron chi connectivity index (χ2n) is 9.81. The van der Waals surface area contributed by atoms with Crippen LogP contribution in [0.15, 0.2) is 0 Å². The van der Waals surface area contributed by atoms with Crippen molar-refractivity contribution in [1.29, 1.82) is 5.26 Å². The van der Waals surface area contributed by atoms with Crippen LogP contribution in [0.3, 0.4) is 0 Å². The molecule has 0 aromatic rings. The summed E-state index contributed by atoms with van der Waals surface area (Å²) in [6.45, 7) is 11.5. The van der Waals surface area contributed by atoms with Crippen LogP contribution in [0, 0.1) is 44.8 Å². The monoisotopic (exact) mass is 408 g/mol. The molecular formula is C22H36N2O5. The maximum absolute atomic E-state index is 11.6. The molecule has 4 atom stereocenters. The minimum atomic E-state index is -0.619. The molecule has 7 nitrogen and oxygen atoms in total. The summed E-state index contributed by atoms with van der Waals surface area (Å²) in [5.74, 6) is -1.14. The van der Waals surface area contributed by atoms with Gasteiger partial charge in [0, 0.05) is 0 Å². The van der Waals surface area contributed by atoms with E-state index < -0.39 is 16.2 Å². The highest BCUT2D eigenvalue weighted by molar-refractivity contribution is 5.84. The Kier molecular flexibility index (Phi) is 7.17. The number of hydrogen-bond donors (Lipinski definition) is 1. The zero-order valence-corrected chi connectivity index (χ0v) is 19.0. The minimum Gasteiger partial charge on any atom is -0.469 e. The number of esters is 2. The molecule has 29 heavy (non-hydrogen) atoms. The van der Waals surface area contributed by atoms with Gasteiger partial charge in [0.15, 0.2) is 0 Å². The molecule has 0 heterocycles. The summed E-state index contributed by atoms with van der Waals surface area (Å²) < 4.78 is 9.51. The summed E-state index contributed by atoms with van der Waals surface area (Å²) in [6.07, 6.45) is 2.84. The molecule has 0 saturated heterocycles. The Morgan fingerprint density at radius 2 is 1.28 bits per heavy atom. The Morgan fingerprint density at radius 1 is 0.862 bits per heavy atom. The first kappa shape index (κ1) is 24.9. The number of nitrogens with zero attached hydrogens (tertiary/aromatic N) is 1. The number of nitrogens with two attached hydrogens (primary N) is 1. The zero-order valence-electron chi connectivity index (χ0n) is 19.0. The molecule has 2 rings (SSSR count). The molecule has 0 spiro atoms. The molecule has 2 aliphatic carbocycles. The lowest BCUT2D eigenvalue weighted by Gasteiger charge is -2.38. The average Bonchev–Trinajstić information content (AvgIpc) is 3.05.